The normalized spacial score (nSPS) is 10.9. The van der Waals surface area contributed by atoms with Gasteiger partial charge in [0.15, 0.2) is 0 Å². The first-order chi connectivity index (χ1) is 7.86. The molecule has 0 atom stereocenters. The largest absolute Gasteiger partial charge is 0.493 e. The van der Waals surface area contributed by atoms with Gasteiger partial charge in [0, 0.05) is 18.1 Å². The number of ether oxygens (including phenoxy) is 1. The van der Waals surface area contributed by atoms with Crippen LogP contribution in [-0.2, 0) is 6.54 Å². The van der Waals surface area contributed by atoms with E-state index in [2.05, 4.69) is 48.9 Å². The van der Waals surface area contributed by atoms with E-state index in [-0.39, 0.29) is 0 Å². The van der Waals surface area contributed by atoms with Crippen LogP contribution >= 0.6 is 0 Å². The zero-order valence-electron chi connectivity index (χ0n) is 10.1. The Hall–Kier alpha value is -1.44. The molecule has 1 heterocycles. The SMILES string of the molecule is CCCCOc1cccc2c1ccn2CC. The zero-order valence-corrected chi connectivity index (χ0v) is 10.1. The maximum Gasteiger partial charge on any atom is 0.128 e. The second kappa shape index (κ2) is 5.06. The fraction of sp³-hybridized carbons (Fsp3) is 0.429. The quantitative estimate of drug-likeness (QED) is 0.694. The molecule has 0 bridgehead atoms. The van der Waals surface area contributed by atoms with Gasteiger partial charge in [0.2, 0.25) is 0 Å². The van der Waals surface area contributed by atoms with Crippen LogP contribution < -0.4 is 4.74 Å². The highest BCUT2D eigenvalue weighted by Crippen LogP contribution is 2.26. The summed E-state index contributed by atoms with van der Waals surface area (Å²) in [5.74, 6) is 1.01. The minimum atomic E-state index is 0.812. The molecule has 0 unspecified atom stereocenters. The molecule has 0 amide bonds. The first-order valence-corrected chi connectivity index (χ1v) is 6.07. The highest BCUT2D eigenvalue weighted by molar-refractivity contribution is 5.86. The third-order valence-corrected chi connectivity index (χ3v) is 2.87. The van der Waals surface area contributed by atoms with E-state index in [4.69, 9.17) is 4.74 Å². The van der Waals surface area contributed by atoms with Crippen LogP contribution in [0, 0.1) is 0 Å². The molecule has 0 spiro atoms. The van der Waals surface area contributed by atoms with Gasteiger partial charge in [-0.25, -0.2) is 0 Å². The Balaban J connectivity index is 2.28. The lowest BCUT2D eigenvalue weighted by molar-refractivity contribution is 0.313. The summed E-state index contributed by atoms with van der Waals surface area (Å²) in [5, 5.41) is 1.22. The molecule has 0 aliphatic rings. The van der Waals surface area contributed by atoms with Gasteiger partial charge in [-0.2, -0.15) is 0 Å². The first kappa shape index (κ1) is 11.1. The average molecular weight is 217 g/mol. The molecule has 2 rings (SSSR count). The molecule has 0 radical (unpaired) electrons. The molecule has 0 N–H and O–H groups in total. The minimum Gasteiger partial charge on any atom is -0.493 e. The third-order valence-electron chi connectivity index (χ3n) is 2.87. The summed E-state index contributed by atoms with van der Waals surface area (Å²) in [5.41, 5.74) is 1.26. The first-order valence-electron chi connectivity index (χ1n) is 6.07. The van der Waals surface area contributed by atoms with Gasteiger partial charge in [-0.3, -0.25) is 0 Å². The third kappa shape index (κ3) is 2.06. The van der Waals surface area contributed by atoms with Crippen molar-refractivity contribution in [2.24, 2.45) is 0 Å². The Morgan fingerprint density at radius 2 is 2.06 bits per heavy atom. The summed E-state index contributed by atoms with van der Waals surface area (Å²) in [6.07, 6.45) is 4.41. The fourth-order valence-electron chi connectivity index (χ4n) is 1.92. The molecule has 0 fully saturated rings. The Morgan fingerprint density at radius 1 is 1.19 bits per heavy atom. The second-order valence-corrected chi connectivity index (χ2v) is 3.99. The van der Waals surface area contributed by atoms with Crippen LogP contribution in [0.5, 0.6) is 5.75 Å². The number of aromatic nitrogens is 1. The molecule has 1 aromatic carbocycles. The lowest BCUT2D eigenvalue weighted by Gasteiger charge is -2.07. The van der Waals surface area contributed by atoms with E-state index in [9.17, 15) is 0 Å². The Labute approximate surface area is 96.8 Å². The predicted molar refractivity (Wildman–Crippen MR) is 68.0 cm³/mol. The van der Waals surface area contributed by atoms with E-state index < -0.39 is 0 Å². The van der Waals surface area contributed by atoms with E-state index in [0.717, 1.165) is 25.3 Å². The number of rotatable bonds is 5. The van der Waals surface area contributed by atoms with Gasteiger partial charge in [0.05, 0.1) is 12.1 Å². The number of unbranched alkanes of at least 4 members (excludes halogenated alkanes) is 1. The van der Waals surface area contributed by atoms with E-state index in [1.54, 1.807) is 0 Å². The summed E-state index contributed by atoms with van der Waals surface area (Å²) in [6.45, 7) is 6.15. The number of aryl methyl sites for hydroxylation is 1. The topological polar surface area (TPSA) is 14.2 Å². The highest BCUT2D eigenvalue weighted by Gasteiger charge is 2.04. The standard InChI is InChI=1S/C14H19NO/c1-3-5-11-16-14-8-6-7-13-12(14)9-10-15(13)4-2/h6-10H,3-5,11H2,1-2H3. The molecular weight excluding hydrogens is 198 g/mol. The van der Waals surface area contributed by atoms with E-state index in [1.165, 1.54) is 17.3 Å². The summed E-state index contributed by atoms with van der Waals surface area (Å²) >= 11 is 0. The minimum absolute atomic E-state index is 0.812. The van der Waals surface area contributed by atoms with Crippen molar-refractivity contribution in [3.05, 3.63) is 30.5 Å². The van der Waals surface area contributed by atoms with Crippen molar-refractivity contribution in [1.29, 1.82) is 0 Å². The van der Waals surface area contributed by atoms with Crippen molar-refractivity contribution in [2.45, 2.75) is 33.2 Å². The van der Waals surface area contributed by atoms with Gasteiger partial charge >= 0.3 is 0 Å². The average Bonchev–Trinajstić information content (AvgIpc) is 2.73. The summed E-state index contributed by atoms with van der Waals surface area (Å²) in [6, 6.07) is 8.40. The van der Waals surface area contributed by atoms with Crippen molar-refractivity contribution in [2.75, 3.05) is 6.61 Å². The van der Waals surface area contributed by atoms with Crippen LogP contribution in [0.4, 0.5) is 0 Å². The number of nitrogens with zero attached hydrogens (tertiary/aromatic N) is 1. The number of fused-ring (bicyclic) bond motifs is 1. The maximum atomic E-state index is 5.80. The van der Waals surface area contributed by atoms with Gasteiger partial charge < -0.3 is 9.30 Å². The molecule has 16 heavy (non-hydrogen) atoms. The van der Waals surface area contributed by atoms with Gasteiger partial charge in [-0.05, 0) is 31.5 Å². The number of benzene rings is 1. The van der Waals surface area contributed by atoms with E-state index >= 15 is 0 Å². The van der Waals surface area contributed by atoms with Crippen LogP contribution in [0.1, 0.15) is 26.7 Å². The molecule has 86 valence electrons. The van der Waals surface area contributed by atoms with E-state index in [1.807, 2.05) is 0 Å². The van der Waals surface area contributed by atoms with Crippen LogP contribution in [0.15, 0.2) is 30.5 Å². The second-order valence-electron chi connectivity index (χ2n) is 3.99. The molecule has 2 heteroatoms. The molecule has 2 nitrogen and oxygen atoms in total. The van der Waals surface area contributed by atoms with Crippen molar-refractivity contribution >= 4 is 10.9 Å². The van der Waals surface area contributed by atoms with Crippen LogP contribution in [0.2, 0.25) is 0 Å². The Bertz CT molecular complexity index is 459. The molecule has 1 aromatic heterocycles. The van der Waals surface area contributed by atoms with Gasteiger partial charge in [-0.1, -0.05) is 19.4 Å². The summed E-state index contributed by atoms with van der Waals surface area (Å²) in [7, 11) is 0. The molecule has 0 saturated heterocycles. The van der Waals surface area contributed by atoms with Crippen LogP contribution in [0.3, 0.4) is 0 Å². The van der Waals surface area contributed by atoms with Gasteiger partial charge in [-0.15, -0.1) is 0 Å². The van der Waals surface area contributed by atoms with Crippen LogP contribution in [-0.4, -0.2) is 11.2 Å². The predicted octanol–water partition coefficient (Wildman–Crippen LogP) is 3.84. The highest BCUT2D eigenvalue weighted by atomic mass is 16.5. The van der Waals surface area contributed by atoms with Crippen molar-refractivity contribution in [1.82, 2.24) is 4.57 Å². The molecule has 2 aromatic rings. The van der Waals surface area contributed by atoms with Crippen molar-refractivity contribution in [3.8, 4) is 5.75 Å². The fourth-order valence-corrected chi connectivity index (χ4v) is 1.92. The Kier molecular flexibility index (Phi) is 3.50. The molecule has 0 aliphatic carbocycles. The molecular formula is C14H19NO. The van der Waals surface area contributed by atoms with E-state index in [0.29, 0.717) is 0 Å². The Morgan fingerprint density at radius 3 is 2.81 bits per heavy atom. The smallest absolute Gasteiger partial charge is 0.128 e. The van der Waals surface area contributed by atoms with Gasteiger partial charge in [0.1, 0.15) is 5.75 Å². The number of hydrogen-bond acceptors (Lipinski definition) is 1. The maximum absolute atomic E-state index is 5.80. The van der Waals surface area contributed by atoms with Crippen molar-refractivity contribution < 1.29 is 4.74 Å². The van der Waals surface area contributed by atoms with Crippen molar-refractivity contribution in [3.63, 3.8) is 0 Å². The summed E-state index contributed by atoms with van der Waals surface area (Å²) < 4.78 is 8.04. The summed E-state index contributed by atoms with van der Waals surface area (Å²) in [4.78, 5) is 0. The lowest BCUT2D eigenvalue weighted by Crippen LogP contribution is -1.97. The lowest BCUT2D eigenvalue weighted by atomic mass is 10.2. The zero-order chi connectivity index (χ0) is 11.4. The van der Waals surface area contributed by atoms with Gasteiger partial charge in [0.25, 0.3) is 0 Å². The van der Waals surface area contributed by atoms with Crippen LogP contribution in [0.25, 0.3) is 10.9 Å². The number of hydrogen-bond donors (Lipinski definition) is 0. The molecule has 0 saturated carbocycles. The monoisotopic (exact) mass is 217 g/mol. The molecule has 0 aliphatic heterocycles.